The topological polar surface area (TPSA) is 81.0 Å². The molecule has 0 heterocycles. The van der Waals surface area contributed by atoms with Gasteiger partial charge < -0.3 is 15.3 Å². The Morgan fingerprint density at radius 3 is 2.28 bits per heavy atom. The van der Waals surface area contributed by atoms with Crippen molar-refractivity contribution in [1.29, 1.82) is 0 Å². The van der Waals surface area contributed by atoms with Gasteiger partial charge in [0.05, 0.1) is 18.8 Å². The highest BCUT2D eigenvalue weighted by molar-refractivity contribution is 9.10. The van der Waals surface area contributed by atoms with Gasteiger partial charge >= 0.3 is 5.97 Å². The number of aromatic carboxylic acids is 1. The quantitative estimate of drug-likeness (QED) is 0.697. The largest absolute Gasteiger partial charge is 0.478 e. The number of hydrogen-bond donors (Lipinski definition) is 3. The standard InChI is InChI=1S/C12H16BrNO4/c13-11-7-9(12(17)18)1-2-10(11)8-14(3-5-15)4-6-16/h1-2,7,15-16H,3-6,8H2,(H,17,18). The van der Waals surface area contributed by atoms with Crippen LogP contribution in [0.4, 0.5) is 0 Å². The lowest BCUT2D eigenvalue weighted by molar-refractivity contribution is 0.0697. The number of rotatable bonds is 7. The van der Waals surface area contributed by atoms with Crippen LogP contribution < -0.4 is 0 Å². The Labute approximate surface area is 114 Å². The average Bonchev–Trinajstić information content (AvgIpc) is 2.32. The number of hydrogen-bond acceptors (Lipinski definition) is 4. The maximum atomic E-state index is 10.8. The van der Waals surface area contributed by atoms with Gasteiger partial charge in [0.25, 0.3) is 0 Å². The second-order valence-corrected chi connectivity index (χ2v) is 4.69. The molecule has 0 aliphatic heterocycles. The molecule has 1 aromatic carbocycles. The molecular weight excluding hydrogens is 302 g/mol. The van der Waals surface area contributed by atoms with Crippen molar-refractivity contribution in [3.8, 4) is 0 Å². The molecule has 0 aliphatic carbocycles. The van der Waals surface area contributed by atoms with E-state index in [0.717, 1.165) is 5.56 Å². The number of aliphatic hydroxyl groups is 2. The zero-order valence-corrected chi connectivity index (χ0v) is 11.4. The second kappa shape index (κ2) is 7.48. The van der Waals surface area contributed by atoms with E-state index in [4.69, 9.17) is 15.3 Å². The number of carbonyl (C=O) groups is 1. The molecule has 1 aromatic rings. The Kier molecular flexibility index (Phi) is 6.28. The Morgan fingerprint density at radius 1 is 1.22 bits per heavy atom. The molecule has 1 rings (SSSR count). The van der Waals surface area contributed by atoms with Crippen LogP contribution in [-0.2, 0) is 6.54 Å². The summed E-state index contributed by atoms with van der Waals surface area (Å²) in [6.45, 7) is 1.51. The molecule has 3 N–H and O–H groups in total. The van der Waals surface area contributed by atoms with E-state index in [1.54, 1.807) is 18.2 Å². The van der Waals surface area contributed by atoms with Crippen LogP contribution in [0.1, 0.15) is 15.9 Å². The number of halogens is 1. The third kappa shape index (κ3) is 4.38. The molecule has 0 atom stereocenters. The van der Waals surface area contributed by atoms with Crippen molar-refractivity contribution in [1.82, 2.24) is 4.90 Å². The number of carboxylic acid groups (broad SMARTS) is 1. The lowest BCUT2D eigenvalue weighted by Crippen LogP contribution is -2.29. The molecule has 18 heavy (non-hydrogen) atoms. The van der Waals surface area contributed by atoms with Crippen LogP contribution in [0.25, 0.3) is 0 Å². The van der Waals surface area contributed by atoms with Crippen LogP contribution in [0.3, 0.4) is 0 Å². The smallest absolute Gasteiger partial charge is 0.335 e. The second-order valence-electron chi connectivity index (χ2n) is 3.83. The molecule has 0 saturated heterocycles. The van der Waals surface area contributed by atoms with Crippen molar-refractivity contribution in [3.63, 3.8) is 0 Å². The highest BCUT2D eigenvalue weighted by Crippen LogP contribution is 2.20. The normalized spacial score (nSPS) is 10.9. The van der Waals surface area contributed by atoms with Crippen molar-refractivity contribution in [2.24, 2.45) is 0 Å². The number of aliphatic hydroxyl groups excluding tert-OH is 2. The minimum absolute atomic E-state index is 0.0187. The lowest BCUT2D eigenvalue weighted by Gasteiger charge is -2.20. The van der Waals surface area contributed by atoms with Gasteiger partial charge in [-0.15, -0.1) is 0 Å². The van der Waals surface area contributed by atoms with Gasteiger partial charge in [-0.25, -0.2) is 4.79 Å². The highest BCUT2D eigenvalue weighted by Gasteiger charge is 2.10. The first-order valence-corrected chi connectivity index (χ1v) is 6.33. The highest BCUT2D eigenvalue weighted by atomic mass is 79.9. The molecule has 6 heteroatoms. The monoisotopic (exact) mass is 317 g/mol. The van der Waals surface area contributed by atoms with Crippen LogP contribution in [0, 0.1) is 0 Å². The van der Waals surface area contributed by atoms with Crippen molar-refractivity contribution >= 4 is 21.9 Å². The van der Waals surface area contributed by atoms with E-state index in [0.29, 0.717) is 24.1 Å². The van der Waals surface area contributed by atoms with Gasteiger partial charge in [-0.1, -0.05) is 22.0 Å². The fraction of sp³-hybridized carbons (Fsp3) is 0.417. The van der Waals surface area contributed by atoms with Gasteiger partial charge in [0.1, 0.15) is 0 Å². The molecule has 0 spiro atoms. The first-order valence-electron chi connectivity index (χ1n) is 5.54. The Morgan fingerprint density at radius 2 is 1.83 bits per heavy atom. The van der Waals surface area contributed by atoms with E-state index >= 15 is 0 Å². The van der Waals surface area contributed by atoms with Crippen molar-refractivity contribution < 1.29 is 20.1 Å². The lowest BCUT2D eigenvalue weighted by atomic mass is 10.1. The van der Waals surface area contributed by atoms with Crippen LogP contribution in [0.2, 0.25) is 0 Å². The van der Waals surface area contributed by atoms with E-state index in [1.165, 1.54) is 0 Å². The van der Waals surface area contributed by atoms with Crippen LogP contribution >= 0.6 is 15.9 Å². The summed E-state index contributed by atoms with van der Waals surface area (Å²) >= 11 is 3.33. The summed E-state index contributed by atoms with van der Waals surface area (Å²) in [6.07, 6.45) is 0. The summed E-state index contributed by atoms with van der Waals surface area (Å²) < 4.78 is 0.711. The van der Waals surface area contributed by atoms with E-state index in [9.17, 15) is 4.79 Å². The summed E-state index contributed by atoms with van der Waals surface area (Å²) in [6, 6.07) is 4.82. The molecule has 100 valence electrons. The van der Waals surface area contributed by atoms with Gasteiger partial charge in [0, 0.05) is 24.1 Å². The molecule has 0 bridgehead atoms. The summed E-state index contributed by atoms with van der Waals surface area (Å²) in [5.74, 6) is -0.968. The van der Waals surface area contributed by atoms with Crippen molar-refractivity contribution in [3.05, 3.63) is 33.8 Å². The molecule has 0 amide bonds. The Hall–Kier alpha value is -0.950. The minimum Gasteiger partial charge on any atom is -0.478 e. The van der Waals surface area contributed by atoms with Gasteiger partial charge in [-0.05, 0) is 17.7 Å². The number of benzene rings is 1. The third-order valence-electron chi connectivity index (χ3n) is 2.53. The Bertz CT molecular complexity index is 405. The number of nitrogens with zero attached hydrogens (tertiary/aromatic N) is 1. The number of carboxylic acids is 1. The van der Waals surface area contributed by atoms with Crippen molar-refractivity contribution in [2.75, 3.05) is 26.3 Å². The minimum atomic E-state index is -0.968. The zero-order valence-electron chi connectivity index (χ0n) is 9.84. The van der Waals surface area contributed by atoms with Crippen LogP contribution in [-0.4, -0.2) is 52.5 Å². The van der Waals surface area contributed by atoms with Crippen molar-refractivity contribution in [2.45, 2.75) is 6.54 Å². The van der Waals surface area contributed by atoms with Gasteiger partial charge in [0.15, 0.2) is 0 Å². The molecule has 0 fully saturated rings. The summed E-state index contributed by atoms with van der Waals surface area (Å²) in [7, 11) is 0. The van der Waals surface area contributed by atoms with Crippen LogP contribution in [0.15, 0.2) is 22.7 Å². The Balaban J connectivity index is 2.79. The van der Waals surface area contributed by atoms with E-state index in [-0.39, 0.29) is 18.8 Å². The van der Waals surface area contributed by atoms with E-state index in [1.807, 2.05) is 4.90 Å². The summed E-state index contributed by atoms with van der Waals surface area (Å²) in [5.41, 5.74) is 1.14. The summed E-state index contributed by atoms with van der Waals surface area (Å²) in [5, 5.41) is 26.7. The van der Waals surface area contributed by atoms with Gasteiger partial charge in [0.2, 0.25) is 0 Å². The summed E-state index contributed by atoms with van der Waals surface area (Å²) in [4.78, 5) is 12.7. The molecule has 0 unspecified atom stereocenters. The maximum absolute atomic E-state index is 10.8. The molecule has 0 aliphatic rings. The molecule has 0 aromatic heterocycles. The van der Waals surface area contributed by atoms with E-state index < -0.39 is 5.97 Å². The first-order chi connectivity index (χ1) is 8.58. The SMILES string of the molecule is O=C(O)c1ccc(CN(CCO)CCO)c(Br)c1. The third-order valence-corrected chi connectivity index (χ3v) is 3.26. The first kappa shape index (κ1) is 15.1. The maximum Gasteiger partial charge on any atom is 0.335 e. The molecule has 0 saturated carbocycles. The zero-order chi connectivity index (χ0) is 13.5. The predicted molar refractivity (Wildman–Crippen MR) is 70.5 cm³/mol. The van der Waals surface area contributed by atoms with Crippen LogP contribution in [0.5, 0.6) is 0 Å². The van der Waals surface area contributed by atoms with Gasteiger partial charge in [-0.2, -0.15) is 0 Å². The molecular formula is C12H16BrNO4. The van der Waals surface area contributed by atoms with Gasteiger partial charge in [-0.3, -0.25) is 4.90 Å². The fourth-order valence-corrected chi connectivity index (χ4v) is 2.11. The molecule has 5 nitrogen and oxygen atoms in total. The predicted octanol–water partition coefficient (Wildman–Crippen LogP) is 0.934. The molecule has 0 radical (unpaired) electrons. The van der Waals surface area contributed by atoms with E-state index in [2.05, 4.69) is 15.9 Å². The average molecular weight is 318 g/mol. The fourth-order valence-electron chi connectivity index (χ4n) is 1.60.